The van der Waals surface area contributed by atoms with Gasteiger partial charge in [-0.2, -0.15) is 0 Å². The molecule has 144 valence electrons. The first-order valence-electron chi connectivity index (χ1n) is 8.79. The first kappa shape index (κ1) is 20.0. The van der Waals surface area contributed by atoms with Crippen LogP contribution in [0.2, 0.25) is 5.02 Å². The highest BCUT2D eigenvalue weighted by Gasteiger charge is 2.31. The minimum atomic E-state index is -0.216. The lowest BCUT2D eigenvalue weighted by molar-refractivity contribution is -0.113. The van der Waals surface area contributed by atoms with Gasteiger partial charge in [0.2, 0.25) is 0 Å². The number of carbonyl (C=O) groups excluding carboxylic acids is 2. The number of methoxy groups -OCH3 is 1. The van der Waals surface area contributed by atoms with E-state index in [4.69, 9.17) is 21.1 Å². The molecule has 1 fully saturated rings. The second-order valence-electron chi connectivity index (χ2n) is 6.51. The Balaban J connectivity index is 1.91. The molecule has 0 aromatic heterocycles. The van der Waals surface area contributed by atoms with Crippen molar-refractivity contribution in [1.82, 2.24) is 4.90 Å². The number of Topliss-reactive ketones (excluding diaryl/α,β-unsaturated/α-hetero) is 1. The molecule has 2 aliphatic heterocycles. The van der Waals surface area contributed by atoms with Crippen molar-refractivity contribution in [3.8, 4) is 5.75 Å². The van der Waals surface area contributed by atoms with Crippen LogP contribution in [0.25, 0.3) is 0 Å². The Bertz CT molecular complexity index is 827. The van der Waals surface area contributed by atoms with Gasteiger partial charge >= 0.3 is 0 Å². The van der Waals surface area contributed by atoms with E-state index < -0.39 is 0 Å². The van der Waals surface area contributed by atoms with Gasteiger partial charge in [-0.1, -0.05) is 23.4 Å². The summed E-state index contributed by atoms with van der Waals surface area (Å²) in [7, 11) is 1.51. The maximum Gasteiger partial charge on any atom is 0.192 e. The average Bonchev–Trinajstić information content (AvgIpc) is 3.25. The lowest BCUT2D eigenvalue weighted by atomic mass is 10.1. The maximum absolute atomic E-state index is 12.9. The molecular formula is C20H22ClNO4S. The Morgan fingerprint density at radius 1 is 1.44 bits per heavy atom. The van der Waals surface area contributed by atoms with Crippen LogP contribution in [-0.4, -0.2) is 42.8 Å². The topological polar surface area (TPSA) is 55.8 Å². The lowest BCUT2D eigenvalue weighted by Gasteiger charge is -2.24. The van der Waals surface area contributed by atoms with Crippen molar-refractivity contribution in [1.29, 1.82) is 0 Å². The van der Waals surface area contributed by atoms with Gasteiger partial charge in [-0.15, -0.1) is 0 Å². The molecule has 1 unspecified atom stereocenters. The van der Waals surface area contributed by atoms with Gasteiger partial charge in [0.15, 0.2) is 11.6 Å². The third-order valence-electron chi connectivity index (χ3n) is 4.62. The molecule has 1 atom stereocenters. The SMILES string of the molecule is COc1ccc(Cl)cc1C(=O)C=C1SC(C(C)=O)=C(C)N1CC1CCCO1. The smallest absolute Gasteiger partial charge is 0.192 e. The standard InChI is InChI=1S/C20H22ClNO4S/c1-12-20(13(2)23)27-19(22(12)11-15-5-4-8-26-15)10-17(24)16-9-14(21)6-7-18(16)25-3/h6-7,9-10,15H,4-5,8,11H2,1-3H3. The van der Waals surface area contributed by atoms with Crippen molar-refractivity contribution < 1.29 is 19.1 Å². The normalized spacial score (nSPS) is 21.3. The molecule has 1 aromatic carbocycles. The summed E-state index contributed by atoms with van der Waals surface area (Å²) in [6, 6.07) is 4.94. The molecule has 0 aliphatic carbocycles. The quantitative estimate of drug-likeness (QED) is 0.514. The van der Waals surface area contributed by atoms with Gasteiger partial charge in [0.05, 0.1) is 28.7 Å². The number of halogens is 1. The number of ether oxygens (including phenoxy) is 2. The number of benzene rings is 1. The zero-order valence-corrected chi connectivity index (χ0v) is 17.2. The van der Waals surface area contributed by atoms with Crippen LogP contribution >= 0.6 is 23.4 Å². The number of thioether (sulfide) groups is 1. The van der Waals surface area contributed by atoms with E-state index in [1.165, 1.54) is 18.9 Å². The molecule has 2 heterocycles. The molecule has 0 saturated carbocycles. The molecule has 0 bridgehead atoms. The van der Waals surface area contributed by atoms with Crippen molar-refractivity contribution in [2.45, 2.75) is 32.8 Å². The Labute approximate surface area is 168 Å². The fourth-order valence-corrected chi connectivity index (χ4v) is 4.51. The molecule has 2 aliphatic rings. The highest BCUT2D eigenvalue weighted by Crippen LogP contribution is 2.42. The van der Waals surface area contributed by atoms with Crippen LogP contribution in [0.15, 0.2) is 39.9 Å². The van der Waals surface area contributed by atoms with E-state index in [1.807, 2.05) is 11.8 Å². The van der Waals surface area contributed by atoms with Crippen LogP contribution in [0.1, 0.15) is 37.0 Å². The molecule has 1 aromatic rings. The van der Waals surface area contributed by atoms with Gasteiger partial charge in [0.1, 0.15) is 5.75 Å². The fraction of sp³-hybridized carbons (Fsp3) is 0.400. The van der Waals surface area contributed by atoms with Gasteiger partial charge in [-0.3, -0.25) is 9.59 Å². The summed E-state index contributed by atoms with van der Waals surface area (Å²) in [5.74, 6) is 0.240. The van der Waals surface area contributed by atoms with E-state index in [2.05, 4.69) is 0 Å². The largest absolute Gasteiger partial charge is 0.496 e. The number of hydrogen-bond acceptors (Lipinski definition) is 6. The maximum atomic E-state index is 12.9. The minimum Gasteiger partial charge on any atom is -0.496 e. The Kier molecular flexibility index (Phi) is 6.29. The van der Waals surface area contributed by atoms with Gasteiger partial charge in [0, 0.05) is 29.9 Å². The van der Waals surface area contributed by atoms with E-state index in [-0.39, 0.29) is 17.7 Å². The van der Waals surface area contributed by atoms with Gasteiger partial charge in [-0.25, -0.2) is 0 Å². The minimum absolute atomic E-state index is 0.00831. The number of ketones is 2. The summed E-state index contributed by atoms with van der Waals surface area (Å²) >= 11 is 7.38. The second-order valence-corrected chi connectivity index (χ2v) is 7.98. The fourth-order valence-electron chi connectivity index (χ4n) is 3.24. The Hall–Kier alpha value is -1.76. The summed E-state index contributed by atoms with van der Waals surface area (Å²) in [6.45, 7) is 4.83. The highest BCUT2D eigenvalue weighted by atomic mass is 35.5. The molecule has 0 N–H and O–H groups in total. The third-order valence-corrected chi connectivity index (χ3v) is 6.19. The van der Waals surface area contributed by atoms with Crippen LogP contribution in [-0.2, 0) is 9.53 Å². The summed E-state index contributed by atoms with van der Waals surface area (Å²) in [5.41, 5.74) is 1.25. The van der Waals surface area contributed by atoms with Gasteiger partial charge in [-0.05, 0) is 44.9 Å². The first-order valence-corrected chi connectivity index (χ1v) is 9.98. The Morgan fingerprint density at radius 3 is 2.85 bits per heavy atom. The number of nitrogens with zero attached hydrogens (tertiary/aromatic N) is 1. The number of carbonyl (C=O) groups is 2. The van der Waals surface area contributed by atoms with Crippen molar-refractivity contribution >= 4 is 34.9 Å². The highest BCUT2D eigenvalue weighted by molar-refractivity contribution is 8.07. The van der Waals surface area contributed by atoms with E-state index in [0.717, 1.165) is 30.2 Å². The summed E-state index contributed by atoms with van der Waals surface area (Å²) < 4.78 is 11.0. The molecule has 5 nitrogen and oxygen atoms in total. The van der Waals surface area contributed by atoms with Crippen LogP contribution in [0.4, 0.5) is 0 Å². The second kappa shape index (κ2) is 8.50. The van der Waals surface area contributed by atoms with Crippen LogP contribution in [0.3, 0.4) is 0 Å². The monoisotopic (exact) mass is 407 g/mol. The van der Waals surface area contributed by atoms with Crippen LogP contribution in [0, 0.1) is 0 Å². The van der Waals surface area contributed by atoms with Crippen molar-refractivity contribution in [3.63, 3.8) is 0 Å². The molecule has 0 amide bonds. The van der Waals surface area contributed by atoms with E-state index in [1.54, 1.807) is 31.2 Å². The summed E-state index contributed by atoms with van der Waals surface area (Å²) in [6.07, 6.45) is 3.66. The molecule has 3 rings (SSSR count). The lowest BCUT2D eigenvalue weighted by Crippen LogP contribution is -2.28. The zero-order chi connectivity index (χ0) is 19.6. The molecule has 0 spiro atoms. The predicted molar refractivity (Wildman–Crippen MR) is 107 cm³/mol. The summed E-state index contributed by atoms with van der Waals surface area (Å²) in [5, 5.41) is 1.19. The van der Waals surface area contributed by atoms with Gasteiger partial charge in [0.25, 0.3) is 0 Å². The van der Waals surface area contributed by atoms with Crippen LogP contribution < -0.4 is 4.74 Å². The number of allylic oxidation sites excluding steroid dienone is 3. The van der Waals surface area contributed by atoms with Gasteiger partial charge < -0.3 is 14.4 Å². The van der Waals surface area contributed by atoms with Crippen LogP contribution in [0.5, 0.6) is 5.75 Å². The van der Waals surface area contributed by atoms with E-state index in [0.29, 0.717) is 27.8 Å². The van der Waals surface area contributed by atoms with E-state index in [9.17, 15) is 9.59 Å². The van der Waals surface area contributed by atoms with Crippen molar-refractivity contribution in [2.24, 2.45) is 0 Å². The number of rotatable bonds is 6. The number of hydrogen-bond donors (Lipinski definition) is 0. The first-order chi connectivity index (χ1) is 12.9. The molecular weight excluding hydrogens is 386 g/mol. The van der Waals surface area contributed by atoms with Crippen molar-refractivity contribution in [2.75, 3.05) is 20.3 Å². The van der Waals surface area contributed by atoms with E-state index >= 15 is 0 Å². The molecule has 7 heteroatoms. The Morgan fingerprint density at radius 2 is 2.22 bits per heavy atom. The third kappa shape index (κ3) is 4.39. The summed E-state index contributed by atoms with van der Waals surface area (Å²) in [4.78, 5) is 27.6. The molecule has 1 saturated heterocycles. The molecule has 0 radical (unpaired) electrons. The van der Waals surface area contributed by atoms with Crippen molar-refractivity contribution in [3.05, 3.63) is 50.5 Å². The zero-order valence-electron chi connectivity index (χ0n) is 15.6. The predicted octanol–water partition coefficient (Wildman–Crippen LogP) is 4.42. The average molecular weight is 408 g/mol. The molecule has 27 heavy (non-hydrogen) atoms.